The van der Waals surface area contributed by atoms with E-state index in [-0.39, 0.29) is 31.5 Å². The maximum Gasteiger partial charge on any atom is 0.416 e. The first kappa shape index (κ1) is 24.1. The van der Waals surface area contributed by atoms with Gasteiger partial charge in [0.15, 0.2) is 6.61 Å². The van der Waals surface area contributed by atoms with E-state index >= 15 is 0 Å². The van der Waals surface area contributed by atoms with E-state index in [1.807, 2.05) is 5.32 Å². The number of anilines is 1. The first-order valence-electron chi connectivity index (χ1n) is 9.39. The van der Waals surface area contributed by atoms with Crippen molar-refractivity contribution in [3.63, 3.8) is 0 Å². The van der Waals surface area contributed by atoms with Gasteiger partial charge >= 0.3 is 18.3 Å². The Bertz CT molecular complexity index is 1000. The molecule has 1 aromatic carbocycles. The first-order valence-corrected chi connectivity index (χ1v) is 9.39. The number of ether oxygens (including phenoxy) is 1. The smallest absolute Gasteiger partial charge is 0.416 e. The monoisotopic (exact) mass is 478 g/mol. The summed E-state index contributed by atoms with van der Waals surface area (Å²) in [5.74, 6) is -2.78. The second-order valence-corrected chi connectivity index (χ2v) is 7.21. The van der Waals surface area contributed by atoms with E-state index in [9.17, 15) is 40.7 Å². The standard InChI is InChI=1S/C20H16F6N2O5/c21-19(22,23)12-5-13(20(24,25)26)7-14(6-12)27-16(29)10-33-18(31)11-4-17(30)28(8-11)9-15-2-1-3-32-15/h1-3,5-7,11H,4,8-10H2,(H,27,29)/t11-/m0/s1. The van der Waals surface area contributed by atoms with Crippen molar-refractivity contribution in [1.29, 1.82) is 0 Å². The Morgan fingerprint density at radius 3 is 2.27 bits per heavy atom. The number of hydrogen-bond donors (Lipinski definition) is 1. The Hall–Kier alpha value is -3.51. The molecule has 1 fully saturated rings. The molecular formula is C20H16F6N2O5. The number of halogens is 6. The molecule has 3 rings (SSSR count). The number of carbonyl (C=O) groups excluding carboxylic acids is 3. The molecule has 178 valence electrons. The van der Waals surface area contributed by atoms with Crippen LogP contribution < -0.4 is 5.32 Å². The predicted octanol–water partition coefficient (Wildman–Crippen LogP) is 3.85. The number of rotatable bonds is 6. The van der Waals surface area contributed by atoms with Gasteiger partial charge in [-0.2, -0.15) is 26.3 Å². The maximum atomic E-state index is 12.9. The van der Waals surface area contributed by atoms with Crippen molar-refractivity contribution in [2.45, 2.75) is 25.3 Å². The maximum absolute atomic E-state index is 12.9. The van der Waals surface area contributed by atoms with E-state index in [1.165, 1.54) is 11.2 Å². The van der Waals surface area contributed by atoms with E-state index in [2.05, 4.69) is 0 Å². The van der Waals surface area contributed by atoms with Gasteiger partial charge in [0.25, 0.3) is 5.91 Å². The summed E-state index contributed by atoms with van der Waals surface area (Å²) in [7, 11) is 0. The van der Waals surface area contributed by atoms with Crippen LogP contribution in [0.2, 0.25) is 0 Å². The average molecular weight is 478 g/mol. The second kappa shape index (κ2) is 9.16. The van der Waals surface area contributed by atoms with E-state index < -0.39 is 53.6 Å². The van der Waals surface area contributed by atoms with Crippen molar-refractivity contribution in [3.05, 3.63) is 53.5 Å². The Kier molecular flexibility index (Phi) is 6.70. The van der Waals surface area contributed by atoms with Crippen molar-refractivity contribution < 1.29 is 49.9 Å². The molecule has 0 aliphatic carbocycles. The predicted molar refractivity (Wildman–Crippen MR) is 98.3 cm³/mol. The zero-order chi connectivity index (χ0) is 24.4. The number of nitrogens with one attached hydrogen (secondary N) is 1. The number of benzene rings is 1. The van der Waals surface area contributed by atoms with E-state index in [4.69, 9.17) is 9.15 Å². The summed E-state index contributed by atoms with van der Waals surface area (Å²) < 4.78 is 87.3. The molecule has 0 unspecified atom stereocenters. The van der Waals surface area contributed by atoms with Crippen LogP contribution >= 0.6 is 0 Å². The highest BCUT2D eigenvalue weighted by Crippen LogP contribution is 2.37. The Labute approximate surface area is 182 Å². The highest BCUT2D eigenvalue weighted by Gasteiger charge is 2.38. The van der Waals surface area contributed by atoms with Gasteiger partial charge < -0.3 is 19.4 Å². The van der Waals surface area contributed by atoms with E-state index in [0.717, 1.165) is 0 Å². The summed E-state index contributed by atoms with van der Waals surface area (Å²) in [6.07, 6.45) is -8.92. The fraction of sp³-hybridized carbons (Fsp3) is 0.350. The minimum atomic E-state index is -5.08. The molecule has 2 heterocycles. The van der Waals surface area contributed by atoms with Crippen molar-refractivity contribution >= 4 is 23.5 Å². The van der Waals surface area contributed by atoms with Gasteiger partial charge in [-0.15, -0.1) is 0 Å². The van der Waals surface area contributed by atoms with Crippen LogP contribution in [0.1, 0.15) is 23.3 Å². The van der Waals surface area contributed by atoms with Crippen molar-refractivity contribution in [2.75, 3.05) is 18.5 Å². The van der Waals surface area contributed by atoms with Gasteiger partial charge in [-0.05, 0) is 30.3 Å². The lowest BCUT2D eigenvalue weighted by atomic mass is 10.1. The highest BCUT2D eigenvalue weighted by atomic mass is 19.4. The molecule has 13 heteroatoms. The summed E-state index contributed by atoms with van der Waals surface area (Å²) in [6.45, 7) is -0.824. The summed E-state index contributed by atoms with van der Waals surface area (Å²) >= 11 is 0. The third-order valence-electron chi connectivity index (χ3n) is 4.69. The molecule has 1 atom stereocenters. The van der Waals surface area contributed by atoms with Crippen LogP contribution in [0.15, 0.2) is 41.0 Å². The number of hydrogen-bond acceptors (Lipinski definition) is 5. The van der Waals surface area contributed by atoms with Crippen LogP contribution in [-0.4, -0.2) is 35.8 Å². The Morgan fingerprint density at radius 1 is 1.09 bits per heavy atom. The third-order valence-corrected chi connectivity index (χ3v) is 4.69. The largest absolute Gasteiger partial charge is 0.467 e. The van der Waals surface area contributed by atoms with Gasteiger partial charge in [0.2, 0.25) is 5.91 Å². The lowest BCUT2D eigenvalue weighted by Gasteiger charge is -2.15. The summed E-state index contributed by atoms with van der Waals surface area (Å²) in [6, 6.07) is 3.85. The molecule has 33 heavy (non-hydrogen) atoms. The molecule has 1 N–H and O–H groups in total. The van der Waals surface area contributed by atoms with Crippen LogP contribution in [0.4, 0.5) is 32.0 Å². The number of amides is 2. The summed E-state index contributed by atoms with van der Waals surface area (Å²) in [4.78, 5) is 37.5. The van der Waals surface area contributed by atoms with Crippen LogP contribution in [0, 0.1) is 5.92 Å². The number of furan rings is 1. The number of esters is 1. The highest BCUT2D eigenvalue weighted by molar-refractivity contribution is 5.94. The molecule has 2 aromatic rings. The minimum Gasteiger partial charge on any atom is -0.467 e. The zero-order valence-corrected chi connectivity index (χ0v) is 16.6. The number of nitrogens with zero attached hydrogens (tertiary/aromatic N) is 1. The zero-order valence-electron chi connectivity index (χ0n) is 16.6. The number of likely N-dealkylation sites (tertiary alicyclic amines) is 1. The van der Waals surface area contributed by atoms with Crippen molar-refractivity contribution in [1.82, 2.24) is 4.90 Å². The number of carbonyl (C=O) groups is 3. The van der Waals surface area contributed by atoms with Gasteiger partial charge in [0.1, 0.15) is 5.76 Å². The minimum absolute atomic E-state index is 0.00254. The summed E-state index contributed by atoms with van der Waals surface area (Å²) in [5.41, 5.74) is -3.98. The molecule has 1 saturated heterocycles. The van der Waals surface area contributed by atoms with Gasteiger partial charge in [-0.1, -0.05) is 0 Å². The normalized spacial score (nSPS) is 16.7. The molecule has 0 saturated carbocycles. The molecule has 2 amide bonds. The summed E-state index contributed by atoms with van der Waals surface area (Å²) in [5, 5.41) is 1.85. The molecule has 0 radical (unpaired) electrons. The lowest BCUT2D eigenvalue weighted by molar-refractivity contribution is -0.151. The third kappa shape index (κ3) is 6.26. The quantitative estimate of drug-likeness (QED) is 0.504. The SMILES string of the molecule is O=C(COC(=O)[C@H]1CC(=O)N(Cc2ccco2)C1)Nc1cc(C(F)(F)F)cc(C(F)(F)F)c1. The topological polar surface area (TPSA) is 88.9 Å². The van der Waals surface area contributed by atoms with Gasteiger partial charge in [0, 0.05) is 18.7 Å². The van der Waals surface area contributed by atoms with Gasteiger partial charge in [0.05, 0.1) is 29.9 Å². The van der Waals surface area contributed by atoms with Crippen LogP contribution in [-0.2, 0) is 38.0 Å². The lowest BCUT2D eigenvalue weighted by Crippen LogP contribution is -2.28. The van der Waals surface area contributed by atoms with Crippen LogP contribution in [0.5, 0.6) is 0 Å². The average Bonchev–Trinajstić information content (AvgIpc) is 3.35. The fourth-order valence-corrected chi connectivity index (χ4v) is 3.15. The molecule has 1 aromatic heterocycles. The molecule has 7 nitrogen and oxygen atoms in total. The Morgan fingerprint density at radius 2 is 1.73 bits per heavy atom. The molecule has 1 aliphatic heterocycles. The number of alkyl halides is 6. The van der Waals surface area contributed by atoms with Crippen molar-refractivity contribution in [2.24, 2.45) is 5.92 Å². The van der Waals surface area contributed by atoms with E-state index in [1.54, 1.807) is 12.1 Å². The molecule has 0 spiro atoms. The first-order chi connectivity index (χ1) is 15.3. The van der Waals surface area contributed by atoms with Crippen molar-refractivity contribution in [3.8, 4) is 0 Å². The fourth-order valence-electron chi connectivity index (χ4n) is 3.15. The second-order valence-electron chi connectivity index (χ2n) is 7.21. The Balaban J connectivity index is 1.58. The van der Waals surface area contributed by atoms with Crippen LogP contribution in [0.3, 0.4) is 0 Å². The van der Waals surface area contributed by atoms with Crippen LogP contribution in [0.25, 0.3) is 0 Å². The van der Waals surface area contributed by atoms with E-state index in [0.29, 0.717) is 17.9 Å². The molecule has 1 aliphatic rings. The van der Waals surface area contributed by atoms with Gasteiger partial charge in [-0.25, -0.2) is 0 Å². The molecular weight excluding hydrogens is 462 g/mol. The molecule has 0 bridgehead atoms. The van der Waals surface area contributed by atoms with Gasteiger partial charge in [-0.3, -0.25) is 14.4 Å².